The normalized spacial score (nSPS) is 27.1. The van der Waals surface area contributed by atoms with Crippen molar-refractivity contribution in [2.45, 2.75) is 38.1 Å². The number of carbonyl (C=O) groups is 1. The quantitative estimate of drug-likeness (QED) is 0.793. The molecule has 1 fully saturated rings. The predicted octanol–water partition coefficient (Wildman–Crippen LogP) is 2.00. The van der Waals surface area contributed by atoms with E-state index in [-0.39, 0.29) is 12.4 Å². The van der Waals surface area contributed by atoms with Crippen LogP contribution in [-0.4, -0.2) is 36.1 Å². The van der Waals surface area contributed by atoms with Gasteiger partial charge in [-0.05, 0) is 45.7 Å². The molecule has 0 spiro atoms. The van der Waals surface area contributed by atoms with E-state index in [1.165, 1.54) is 0 Å². The van der Waals surface area contributed by atoms with Gasteiger partial charge in [0, 0.05) is 12.5 Å². The minimum Gasteiger partial charge on any atom is -0.481 e. The molecule has 0 radical (unpaired) electrons. The fourth-order valence-corrected chi connectivity index (χ4v) is 2.11. The number of hydrogen-bond donors (Lipinski definition) is 1. The monoisotopic (exact) mass is 221 g/mol. The van der Waals surface area contributed by atoms with Crippen LogP contribution < -0.4 is 0 Å². The minimum atomic E-state index is -0.645. The van der Waals surface area contributed by atoms with Crippen molar-refractivity contribution in [3.63, 3.8) is 0 Å². The number of halogens is 1. The molecule has 1 saturated carbocycles. The first kappa shape index (κ1) is 13.7. The van der Waals surface area contributed by atoms with Crippen LogP contribution in [0.2, 0.25) is 0 Å². The average molecular weight is 222 g/mol. The predicted molar refractivity (Wildman–Crippen MR) is 58.9 cm³/mol. The lowest BCUT2D eigenvalue weighted by Crippen LogP contribution is -2.32. The molecule has 0 aromatic heterocycles. The first-order chi connectivity index (χ1) is 6.09. The van der Waals surface area contributed by atoms with Crippen LogP contribution in [0.5, 0.6) is 0 Å². The van der Waals surface area contributed by atoms with Gasteiger partial charge < -0.3 is 10.0 Å². The van der Waals surface area contributed by atoms with Crippen LogP contribution in [0.15, 0.2) is 0 Å². The second-order valence-electron chi connectivity index (χ2n) is 4.24. The summed E-state index contributed by atoms with van der Waals surface area (Å²) in [6, 6.07) is 0.671. The van der Waals surface area contributed by atoms with Crippen molar-refractivity contribution in [1.29, 1.82) is 0 Å². The van der Waals surface area contributed by atoms with Crippen molar-refractivity contribution >= 4 is 18.4 Å². The van der Waals surface area contributed by atoms with Crippen molar-refractivity contribution in [1.82, 2.24) is 4.90 Å². The van der Waals surface area contributed by atoms with Gasteiger partial charge in [0.05, 0.1) is 0 Å². The maximum atomic E-state index is 10.5. The van der Waals surface area contributed by atoms with Crippen LogP contribution in [0.25, 0.3) is 0 Å². The van der Waals surface area contributed by atoms with E-state index in [4.69, 9.17) is 5.11 Å². The van der Waals surface area contributed by atoms with Gasteiger partial charge in [0.1, 0.15) is 0 Å². The number of nitrogens with zero attached hydrogens (tertiary/aromatic N) is 1. The lowest BCUT2D eigenvalue weighted by atomic mass is 9.84. The van der Waals surface area contributed by atoms with Gasteiger partial charge in [-0.3, -0.25) is 4.79 Å². The zero-order chi connectivity index (χ0) is 9.84. The molecule has 4 heteroatoms. The highest BCUT2D eigenvalue weighted by Crippen LogP contribution is 2.28. The van der Waals surface area contributed by atoms with Gasteiger partial charge >= 0.3 is 5.97 Å². The summed E-state index contributed by atoms with van der Waals surface area (Å²) >= 11 is 0. The maximum absolute atomic E-state index is 10.5. The van der Waals surface area contributed by atoms with Crippen LogP contribution in [-0.2, 0) is 4.79 Å². The number of carboxylic acid groups (broad SMARTS) is 1. The molecule has 1 N–H and O–H groups in total. The number of rotatable bonds is 3. The summed E-state index contributed by atoms with van der Waals surface area (Å²) in [5.41, 5.74) is 0. The second-order valence-corrected chi connectivity index (χ2v) is 4.24. The zero-order valence-corrected chi connectivity index (χ0v) is 9.72. The Labute approximate surface area is 91.9 Å². The van der Waals surface area contributed by atoms with Crippen molar-refractivity contribution in [2.24, 2.45) is 5.92 Å². The topological polar surface area (TPSA) is 40.5 Å². The molecule has 0 aliphatic heterocycles. The summed E-state index contributed by atoms with van der Waals surface area (Å²) in [6.45, 7) is 0. The van der Waals surface area contributed by atoms with Crippen LogP contribution in [0, 0.1) is 5.92 Å². The molecule has 0 unspecified atom stereocenters. The third-order valence-corrected chi connectivity index (χ3v) is 3.01. The Hall–Kier alpha value is -0.280. The van der Waals surface area contributed by atoms with Gasteiger partial charge in [-0.1, -0.05) is 0 Å². The molecule has 0 bridgehead atoms. The molecule has 0 heterocycles. The number of hydrogen-bond acceptors (Lipinski definition) is 2. The van der Waals surface area contributed by atoms with Crippen LogP contribution >= 0.6 is 12.4 Å². The van der Waals surface area contributed by atoms with Gasteiger partial charge in [-0.25, -0.2) is 0 Å². The zero-order valence-electron chi connectivity index (χ0n) is 8.90. The third kappa shape index (κ3) is 4.29. The van der Waals surface area contributed by atoms with E-state index in [1.807, 2.05) is 0 Å². The molecule has 1 rings (SSSR count). The number of aliphatic carboxylic acids is 1. The summed E-state index contributed by atoms with van der Waals surface area (Å²) < 4.78 is 0. The fourth-order valence-electron chi connectivity index (χ4n) is 2.11. The highest BCUT2D eigenvalue weighted by Gasteiger charge is 2.23. The van der Waals surface area contributed by atoms with Gasteiger partial charge in [0.15, 0.2) is 0 Å². The molecule has 1 aliphatic carbocycles. The van der Waals surface area contributed by atoms with Gasteiger partial charge in [-0.2, -0.15) is 0 Å². The molecule has 0 saturated heterocycles. The molecule has 0 aromatic rings. The Kier molecular flexibility index (Phi) is 6.12. The molecular formula is C10H20ClNO2. The van der Waals surface area contributed by atoms with Crippen molar-refractivity contribution in [3.05, 3.63) is 0 Å². The summed E-state index contributed by atoms with van der Waals surface area (Å²) in [5, 5.41) is 8.63. The second kappa shape index (κ2) is 6.25. The molecule has 3 nitrogen and oxygen atoms in total. The molecule has 0 atom stereocenters. The number of carboxylic acids is 1. The maximum Gasteiger partial charge on any atom is 0.303 e. The Morgan fingerprint density at radius 3 is 2.14 bits per heavy atom. The molecule has 84 valence electrons. The van der Waals surface area contributed by atoms with Crippen LogP contribution in [0.4, 0.5) is 0 Å². The molecule has 14 heavy (non-hydrogen) atoms. The Morgan fingerprint density at radius 2 is 1.79 bits per heavy atom. The largest absolute Gasteiger partial charge is 0.481 e. The van der Waals surface area contributed by atoms with E-state index in [1.54, 1.807) is 0 Å². The van der Waals surface area contributed by atoms with Crippen LogP contribution in [0.3, 0.4) is 0 Å². The highest BCUT2D eigenvalue weighted by molar-refractivity contribution is 5.85. The summed E-state index contributed by atoms with van der Waals surface area (Å²) in [6.07, 6.45) is 4.83. The van der Waals surface area contributed by atoms with Crippen molar-refractivity contribution in [2.75, 3.05) is 14.1 Å². The standard InChI is InChI=1S/C10H19NO2.ClH/c1-11(2)9-5-3-8(4-6-9)7-10(12)13;/h8-9H,3-7H2,1-2H3,(H,12,13);1H/t8-,9-;. The molecule has 0 amide bonds. The Balaban J connectivity index is 0.00000169. The van der Waals surface area contributed by atoms with Gasteiger partial charge in [-0.15, -0.1) is 12.4 Å². The molecule has 1 aliphatic rings. The van der Waals surface area contributed by atoms with Crippen LogP contribution in [0.1, 0.15) is 32.1 Å². The molecule has 0 aromatic carbocycles. The van der Waals surface area contributed by atoms with E-state index >= 15 is 0 Å². The van der Waals surface area contributed by atoms with E-state index in [2.05, 4.69) is 19.0 Å². The van der Waals surface area contributed by atoms with E-state index < -0.39 is 5.97 Å². The lowest BCUT2D eigenvalue weighted by Gasteiger charge is -2.31. The first-order valence-electron chi connectivity index (χ1n) is 4.98. The van der Waals surface area contributed by atoms with Crippen molar-refractivity contribution in [3.8, 4) is 0 Å². The summed E-state index contributed by atoms with van der Waals surface area (Å²) in [4.78, 5) is 12.7. The molecular weight excluding hydrogens is 202 g/mol. The lowest BCUT2D eigenvalue weighted by molar-refractivity contribution is -0.138. The fraction of sp³-hybridized carbons (Fsp3) is 0.900. The van der Waals surface area contributed by atoms with Crippen molar-refractivity contribution < 1.29 is 9.90 Å². The van der Waals surface area contributed by atoms with Gasteiger partial charge in [0.25, 0.3) is 0 Å². The first-order valence-corrected chi connectivity index (χ1v) is 4.98. The Morgan fingerprint density at radius 1 is 1.29 bits per heavy atom. The van der Waals surface area contributed by atoms with E-state index in [0.717, 1.165) is 25.7 Å². The SMILES string of the molecule is CN(C)[C@H]1CC[C@H](CC(=O)O)CC1.Cl. The third-order valence-electron chi connectivity index (χ3n) is 3.01. The smallest absolute Gasteiger partial charge is 0.303 e. The van der Waals surface area contributed by atoms with Gasteiger partial charge in [0.2, 0.25) is 0 Å². The van der Waals surface area contributed by atoms with E-state index in [9.17, 15) is 4.79 Å². The Bertz CT molecular complexity index is 177. The van der Waals surface area contributed by atoms with E-state index in [0.29, 0.717) is 18.4 Å². The minimum absolute atomic E-state index is 0. The highest BCUT2D eigenvalue weighted by atomic mass is 35.5. The summed E-state index contributed by atoms with van der Waals surface area (Å²) in [7, 11) is 4.20. The average Bonchev–Trinajstić information content (AvgIpc) is 2.04. The summed E-state index contributed by atoms with van der Waals surface area (Å²) in [5.74, 6) is -0.220.